The third-order valence-corrected chi connectivity index (χ3v) is 13.1. The van der Waals surface area contributed by atoms with E-state index in [0.717, 1.165) is 49.3 Å². The molecule has 0 spiro atoms. The van der Waals surface area contributed by atoms with Gasteiger partial charge in [-0.15, -0.1) is 0 Å². The summed E-state index contributed by atoms with van der Waals surface area (Å²) in [5.41, 5.74) is 6.82. The first-order chi connectivity index (χ1) is 23.3. The van der Waals surface area contributed by atoms with Crippen molar-refractivity contribution in [2.24, 2.45) is 34.8 Å². The predicted molar refractivity (Wildman–Crippen MR) is 191 cm³/mol. The van der Waals surface area contributed by atoms with Crippen LogP contribution in [-0.2, 0) is 18.9 Å². The molecule has 6 fully saturated rings. The van der Waals surface area contributed by atoms with Gasteiger partial charge in [0.15, 0.2) is 0 Å². The van der Waals surface area contributed by atoms with Crippen molar-refractivity contribution in [1.82, 2.24) is 15.5 Å². The molecular weight excluding hydrogens is 615 g/mol. The number of likely N-dealkylation sites (tertiary alicyclic amines) is 1. The molecule has 4 saturated carbocycles. The Morgan fingerprint density at radius 3 is 2.43 bits per heavy atom. The second kappa shape index (κ2) is 13.3. The highest BCUT2D eigenvalue weighted by Gasteiger charge is 2.68. The minimum absolute atomic E-state index is 0.0113. The lowest BCUT2D eigenvalue weighted by Gasteiger charge is -2.64. The zero-order valence-electron chi connectivity index (χ0n) is 30.0. The van der Waals surface area contributed by atoms with Crippen molar-refractivity contribution in [3.8, 4) is 0 Å². The van der Waals surface area contributed by atoms with E-state index in [9.17, 15) is 14.4 Å². The monoisotopic (exact) mass is 670 g/mol. The number of nitrogens with zero attached hydrogens (tertiary/aromatic N) is 1. The molecule has 2 aliphatic heterocycles. The van der Waals surface area contributed by atoms with Crippen molar-refractivity contribution >= 4 is 35.6 Å². The van der Waals surface area contributed by atoms with E-state index in [1.54, 1.807) is 4.90 Å². The molecule has 9 nitrogen and oxygen atoms in total. The number of fused-ring (bicyclic) bond motifs is 1. The normalized spacial score (nSPS) is 32.0. The standard InChI is InChI=1S/C39H55BN4O5/c1-23(2)34(40-48-33-20-28-19-32(38(28,3)4)39(33,5)49-40)43-36(46)31-21-29(41)22-44(31)37(47)30(17-24-11-7-6-8-12-24)42-35(45)27-16-15-25-13-9-10-14-26(25)18-27/h9-10,13-16,18,23-24,28-34H,6-8,11-12,17,19-22,41H2,1-5H3,(H,42,45)(H,43,46)/t28-,29+,30+,31-,32-,33+,34-,39-/m0/s1. The van der Waals surface area contributed by atoms with E-state index in [-0.39, 0.29) is 59.3 Å². The highest BCUT2D eigenvalue weighted by atomic mass is 16.7. The summed E-state index contributed by atoms with van der Waals surface area (Å²) >= 11 is 0. The summed E-state index contributed by atoms with van der Waals surface area (Å²) in [5, 5.41) is 8.38. The highest BCUT2D eigenvalue weighted by molar-refractivity contribution is 6.48. The minimum atomic E-state index is -0.747. The number of carbonyl (C=O) groups excluding carboxylic acids is 3. The molecule has 0 aromatic heterocycles. The Bertz CT molecular complexity index is 1580. The van der Waals surface area contributed by atoms with Crippen molar-refractivity contribution in [2.75, 3.05) is 6.54 Å². The lowest BCUT2D eigenvalue weighted by Crippen LogP contribution is -2.65. The van der Waals surface area contributed by atoms with Gasteiger partial charge in [0.2, 0.25) is 11.8 Å². The Morgan fingerprint density at radius 2 is 1.71 bits per heavy atom. The molecule has 0 unspecified atom stereocenters. The van der Waals surface area contributed by atoms with E-state index >= 15 is 0 Å². The summed E-state index contributed by atoms with van der Waals surface area (Å²) < 4.78 is 13.4. The van der Waals surface area contributed by atoms with Crippen LogP contribution in [0, 0.1) is 29.1 Å². The van der Waals surface area contributed by atoms with Crippen LogP contribution in [-0.4, -0.2) is 72.1 Å². The summed E-state index contributed by atoms with van der Waals surface area (Å²) in [7, 11) is -0.561. The van der Waals surface area contributed by atoms with Crippen LogP contribution in [0.2, 0.25) is 0 Å². The molecular formula is C39H55BN4O5. The third kappa shape index (κ3) is 6.42. The van der Waals surface area contributed by atoms with E-state index < -0.39 is 19.2 Å². The molecule has 49 heavy (non-hydrogen) atoms. The van der Waals surface area contributed by atoms with Crippen LogP contribution in [0.3, 0.4) is 0 Å². The molecule has 4 N–H and O–H groups in total. The molecule has 4 aliphatic carbocycles. The van der Waals surface area contributed by atoms with Gasteiger partial charge in [0.05, 0.1) is 17.6 Å². The second-order valence-corrected chi connectivity index (χ2v) is 16.9. The molecule has 2 aromatic rings. The van der Waals surface area contributed by atoms with Gasteiger partial charge in [0.25, 0.3) is 5.91 Å². The number of benzene rings is 2. The maximum atomic E-state index is 14.5. The quantitative estimate of drug-likeness (QED) is 0.314. The van der Waals surface area contributed by atoms with Gasteiger partial charge in [0, 0.05) is 18.2 Å². The van der Waals surface area contributed by atoms with Crippen LogP contribution in [0.5, 0.6) is 0 Å². The largest absolute Gasteiger partial charge is 0.481 e. The first-order valence-electron chi connectivity index (χ1n) is 18.8. The Kier molecular flexibility index (Phi) is 9.37. The van der Waals surface area contributed by atoms with Crippen LogP contribution in [0.25, 0.3) is 10.8 Å². The molecule has 0 radical (unpaired) electrons. The predicted octanol–water partition coefficient (Wildman–Crippen LogP) is 5.25. The molecule has 264 valence electrons. The average Bonchev–Trinajstić information content (AvgIpc) is 3.65. The highest BCUT2D eigenvalue weighted by Crippen LogP contribution is 2.65. The van der Waals surface area contributed by atoms with Crippen molar-refractivity contribution in [2.45, 2.75) is 128 Å². The topological polar surface area (TPSA) is 123 Å². The molecule has 2 aromatic carbocycles. The Hall–Kier alpha value is -2.95. The minimum Gasteiger partial charge on any atom is -0.404 e. The molecule has 8 atom stereocenters. The number of carbonyl (C=O) groups is 3. The number of hydrogen-bond donors (Lipinski definition) is 3. The zero-order chi connectivity index (χ0) is 34.7. The van der Waals surface area contributed by atoms with E-state index in [4.69, 9.17) is 15.0 Å². The molecule has 2 bridgehead atoms. The molecule has 10 heteroatoms. The average molecular weight is 671 g/mol. The SMILES string of the molecule is CC(C)[C@H](NC(=O)[C@@H]1C[C@@H](N)CN1C(=O)[C@@H](CC1CCCCC1)NC(=O)c1ccc2ccccc2c1)B1O[C@@H]2C[C@@H]3C[C@@H](C3(C)C)[C@]2(C)O1. The van der Waals surface area contributed by atoms with Crippen LogP contribution in [0.1, 0.15) is 103 Å². The third-order valence-electron chi connectivity index (χ3n) is 13.1. The molecule has 8 rings (SSSR count). The number of amides is 3. The number of hydrogen-bond acceptors (Lipinski definition) is 6. The number of nitrogens with one attached hydrogen (secondary N) is 2. The summed E-state index contributed by atoms with van der Waals surface area (Å²) in [5.74, 6) is 0.297. The van der Waals surface area contributed by atoms with Crippen molar-refractivity contribution < 1.29 is 23.7 Å². The maximum absolute atomic E-state index is 14.5. The van der Waals surface area contributed by atoms with Crippen molar-refractivity contribution in [1.29, 1.82) is 0 Å². The van der Waals surface area contributed by atoms with Crippen LogP contribution in [0.15, 0.2) is 42.5 Å². The van der Waals surface area contributed by atoms with Gasteiger partial charge in [-0.2, -0.15) is 0 Å². The maximum Gasteiger partial charge on any atom is 0.481 e. The summed E-state index contributed by atoms with van der Waals surface area (Å²) in [6, 6.07) is 11.7. The molecule has 2 saturated heterocycles. The van der Waals surface area contributed by atoms with Crippen LogP contribution in [0.4, 0.5) is 0 Å². The fourth-order valence-corrected chi connectivity index (χ4v) is 9.97. The van der Waals surface area contributed by atoms with Gasteiger partial charge in [-0.05, 0) is 84.6 Å². The van der Waals surface area contributed by atoms with Gasteiger partial charge in [-0.25, -0.2) is 0 Å². The van der Waals surface area contributed by atoms with Crippen LogP contribution >= 0.6 is 0 Å². The second-order valence-electron chi connectivity index (χ2n) is 16.9. The lowest BCUT2D eigenvalue weighted by molar-refractivity contribution is -0.199. The molecule has 2 heterocycles. The summed E-state index contributed by atoms with van der Waals surface area (Å²) in [6.45, 7) is 11.3. The van der Waals surface area contributed by atoms with Crippen LogP contribution < -0.4 is 16.4 Å². The van der Waals surface area contributed by atoms with Gasteiger partial charge < -0.3 is 30.6 Å². The number of rotatable bonds is 9. The molecule has 6 aliphatic rings. The van der Waals surface area contributed by atoms with E-state index in [1.165, 1.54) is 6.42 Å². The smallest absolute Gasteiger partial charge is 0.404 e. The van der Waals surface area contributed by atoms with E-state index in [0.29, 0.717) is 36.2 Å². The Balaban J connectivity index is 1.08. The van der Waals surface area contributed by atoms with Gasteiger partial charge in [0.1, 0.15) is 12.1 Å². The van der Waals surface area contributed by atoms with Gasteiger partial charge >= 0.3 is 7.12 Å². The lowest BCUT2D eigenvalue weighted by atomic mass is 9.43. The fourth-order valence-electron chi connectivity index (χ4n) is 9.97. The van der Waals surface area contributed by atoms with Gasteiger partial charge in [-0.1, -0.05) is 90.1 Å². The van der Waals surface area contributed by atoms with Crippen molar-refractivity contribution in [3.63, 3.8) is 0 Å². The van der Waals surface area contributed by atoms with E-state index in [2.05, 4.69) is 45.3 Å². The van der Waals surface area contributed by atoms with Crippen molar-refractivity contribution in [3.05, 3.63) is 48.0 Å². The first kappa shape index (κ1) is 34.5. The molecule has 3 amide bonds. The zero-order valence-corrected chi connectivity index (χ0v) is 30.0. The van der Waals surface area contributed by atoms with E-state index in [1.807, 2.05) is 42.5 Å². The number of nitrogens with two attached hydrogens (primary N) is 1. The Labute approximate surface area is 291 Å². The summed E-state index contributed by atoms with van der Waals surface area (Å²) in [6.07, 6.45) is 8.59. The van der Waals surface area contributed by atoms with Gasteiger partial charge in [-0.3, -0.25) is 14.4 Å². The summed E-state index contributed by atoms with van der Waals surface area (Å²) in [4.78, 5) is 44.0. The Morgan fingerprint density at radius 1 is 0.980 bits per heavy atom. The first-order valence-corrected chi connectivity index (χ1v) is 18.8. The fraction of sp³-hybridized carbons (Fsp3) is 0.667.